The zero-order valence-electron chi connectivity index (χ0n) is 10.9. The summed E-state index contributed by atoms with van der Waals surface area (Å²) in [4.78, 5) is 0.0933. The molecule has 1 atom stereocenters. The van der Waals surface area contributed by atoms with Crippen molar-refractivity contribution in [1.82, 2.24) is 4.72 Å². The van der Waals surface area contributed by atoms with Crippen LogP contribution in [0.5, 0.6) is 0 Å². The Morgan fingerprint density at radius 3 is 2.44 bits per heavy atom. The van der Waals surface area contributed by atoms with Gasteiger partial charge >= 0.3 is 0 Å². The molecule has 0 aliphatic carbocycles. The van der Waals surface area contributed by atoms with E-state index in [2.05, 4.69) is 4.72 Å². The lowest BCUT2D eigenvalue weighted by Crippen LogP contribution is -2.30. The molecule has 0 heterocycles. The van der Waals surface area contributed by atoms with Crippen molar-refractivity contribution < 1.29 is 13.5 Å². The van der Waals surface area contributed by atoms with E-state index >= 15 is 0 Å². The molecule has 1 aromatic carbocycles. The second kappa shape index (κ2) is 5.69. The van der Waals surface area contributed by atoms with Gasteiger partial charge in [-0.05, 0) is 43.0 Å². The summed E-state index contributed by atoms with van der Waals surface area (Å²) < 4.78 is 26.6. The van der Waals surface area contributed by atoms with E-state index < -0.39 is 10.0 Å². The summed E-state index contributed by atoms with van der Waals surface area (Å²) in [7, 11) is -3.62. The maximum Gasteiger partial charge on any atom is 0.242 e. The van der Waals surface area contributed by atoms with Crippen molar-refractivity contribution in [2.24, 2.45) is 5.92 Å². The van der Waals surface area contributed by atoms with Crippen molar-refractivity contribution in [3.8, 4) is 0 Å². The highest BCUT2D eigenvalue weighted by Crippen LogP contribution is 2.22. The molecule has 1 rings (SSSR count). The second-order valence-electron chi connectivity index (χ2n) is 4.61. The number of nitrogen functional groups attached to an aromatic ring is 1. The van der Waals surface area contributed by atoms with Crippen LogP contribution >= 0.6 is 0 Å². The summed E-state index contributed by atoms with van der Waals surface area (Å²) in [6.45, 7) is 5.59. The monoisotopic (exact) mass is 272 g/mol. The van der Waals surface area contributed by atoms with E-state index in [1.165, 1.54) is 0 Å². The predicted molar refractivity (Wildman–Crippen MR) is 71.8 cm³/mol. The van der Waals surface area contributed by atoms with E-state index in [0.29, 0.717) is 0 Å². The van der Waals surface area contributed by atoms with E-state index in [-0.39, 0.29) is 29.7 Å². The van der Waals surface area contributed by atoms with Crippen molar-refractivity contribution >= 4 is 15.7 Å². The van der Waals surface area contributed by atoms with Crippen LogP contribution in [0.1, 0.15) is 18.1 Å². The van der Waals surface area contributed by atoms with Crippen LogP contribution in [-0.4, -0.2) is 26.7 Å². The molecule has 0 fully saturated rings. The predicted octanol–water partition coefficient (Wildman–Crippen LogP) is 0.792. The van der Waals surface area contributed by atoms with E-state index in [1.807, 2.05) is 13.8 Å². The molecule has 1 unspecified atom stereocenters. The van der Waals surface area contributed by atoms with Crippen LogP contribution in [0, 0.1) is 19.8 Å². The Morgan fingerprint density at radius 2 is 1.89 bits per heavy atom. The Balaban J connectivity index is 3.02. The summed E-state index contributed by atoms with van der Waals surface area (Å²) in [6.07, 6.45) is 0. The van der Waals surface area contributed by atoms with E-state index in [1.54, 1.807) is 19.1 Å². The van der Waals surface area contributed by atoms with Gasteiger partial charge in [0.05, 0.1) is 5.69 Å². The van der Waals surface area contributed by atoms with Crippen molar-refractivity contribution in [2.45, 2.75) is 25.7 Å². The standard InChI is InChI=1S/C12H20N2O3S/c1-8(7-15)6-14-18(16,17)12-5-10(3)9(2)4-11(12)13/h4-5,8,14-15H,6-7,13H2,1-3H3. The number of aliphatic hydroxyl groups excluding tert-OH is 1. The molecule has 102 valence electrons. The van der Waals surface area contributed by atoms with E-state index in [4.69, 9.17) is 10.8 Å². The molecule has 4 N–H and O–H groups in total. The third-order valence-corrected chi connectivity index (χ3v) is 4.33. The minimum absolute atomic E-state index is 0.0646. The molecule has 1 aromatic rings. The number of rotatable bonds is 5. The van der Waals surface area contributed by atoms with Gasteiger partial charge < -0.3 is 10.8 Å². The summed E-state index contributed by atoms with van der Waals surface area (Å²) in [5.74, 6) is -0.132. The molecular weight excluding hydrogens is 252 g/mol. The minimum Gasteiger partial charge on any atom is -0.398 e. The first-order valence-corrected chi connectivity index (χ1v) is 7.23. The molecule has 0 saturated carbocycles. The van der Waals surface area contributed by atoms with Gasteiger partial charge in [0.15, 0.2) is 0 Å². The van der Waals surface area contributed by atoms with Gasteiger partial charge in [-0.25, -0.2) is 13.1 Å². The number of sulfonamides is 1. The Bertz CT molecular complexity index is 526. The van der Waals surface area contributed by atoms with Crippen LogP contribution in [-0.2, 0) is 10.0 Å². The molecule has 0 spiro atoms. The number of nitrogens with two attached hydrogens (primary N) is 1. The smallest absolute Gasteiger partial charge is 0.242 e. The zero-order chi connectivity index (χ0) is 13.9. The number of nitrogens with one attached hydrogen (secondary N) is 1. The quantitative estimate of drug-likeness (QED) is 0.691. The van der Waals surface area contributed by atoms with Crippen molar-refractivity contribution in [1.29, 1.82) is 0 Å². The van der Waals surface area contributed by atoms with Crippen molar-refractivity contribution in [2.75, 3.05) is 18.9 Å². The number of aliphatic hydroxyl groups is 1. The Hall–Kier alpha value is -1.11. The molecule has 18 heavy (non-hydrogen) atoms. The van der Waals surface area contributed by atoms with Crippen LogP contribution in [0.4, 0.5) is 5.69 Å². The molecule has 0 amide bonds. The molecule has 6 heteroatoms. The maximum atomic E-state index is 12.1. The fraction of sp³-hybridized carbons (Fsp3) is 0.500. The Morgan fingerprint density at radius 1 is 1.33 bits per heavy atom. The Labute approximate surface area is 108 Å². The number of benzene rings is 1. The van der Waals surface area contributed by atoms with Crippen LogP contribution < -0.4 is 10.5 Å². The highest BCUT2D eigenvalue weighted by molar-refractivity contribution is 7.89. The van der Waals surface area contributed by atoms with E-state index in [0.717, 1.165) is 11.1 Å². The van der Waals surface area contributed by atoms with Gasteiger partial charge in [0, 0.05) is 13.2 Å². The molecule has 0 aliphatic heterocycles. The maximum absolute atomic E-state index is 12.1. The average Bonchev–Trinajstić information content (AvgIpc) is 2.30. The van der Waals surface area contributed by atoms with Gasteiger partial charge in [0.1, 0.15) is 4.90 Å². The van der Waals surface area contributed by atoms with Crippen molar-refractivity contribution in [3.05, 3.63) is 23.3 Å². The minimum atomic E-state index is -3.62. The molecular formula is C12H20N2O3S. The lowest BCUT2D eigenvalue weighted by molar-refractivity contribution is 0.238. The van der Waals surface area contributed by atoms with Gasteiger partial charge in [-0.3, -0.25) is 0 Å². The molecule has 0 aliphatic rings. The third kappa shape index (κ3) is 3.44. The summed E-state index contributed by atoms with van der Waals surface area (Å²) in [6, 6.07) is 3.22. The van der Waals surface area contributed by atoms with Gasteiger partial charge in [0.25, 0.3) is 0 Å². The summed E-state index contributed by atoms with van der Waals surface area (Å²) in [5, 5.41) is 8.88. The lowest BCUT2D eigenvalue weighted by atomic mass is 10.1. The third-order valence-electron chi connectivity index (χ3n) is 2.85. The molecule has 5 nitrogen and oxygen atoms in total. The Kier molecular flexibility index (Phi) is 4.72. The van der Waals surface area contributed by atoms with Gasteiger partial charge in [-0.1, -0.05) is 6.92 Å². The van der Waals surface area contributed by atoms with Crippen LogP contribution in [0.25, 0.3) is 0 Å². The average molecular weight is 272 g/mol. The largest absolute Gasteiger partial charge is 0.398 e. The first kappa shape index (κ1) is 14.9. The normalized spacial score (nSPS) is 13.6. The molecule has 0 bridgehead atoms. The lowest BCUT2D eigenvalue weighted by Gasteiger charge is -2.13. The summed E-state index contributed by atoms with van der Waals surface area (Å²) in [5.41, 5.74) is 7.81. The first-order valence-electron chi connectivity index (χ1n) is 5.75. The highest BCUT2D eigenvalue weighted by atomic mass is 32.2. The topological polar surface area (TPSA) is 92.4 Å². The molecule has 0 aromatic heterocycles. The van der Waals surface area contributed by atoms with Gasteiger partial charge in [0.2, 0.25) is 10.0 Å². The first-order chi connectivity index (χ1) is 8.27. The SMILES string of the molecule is Cc1cc(N)c(S(=O)(=O)NCC(C)CO)cc1C. The van der Waals surface area contributed by atoms with Crippen LogP contribution in [0.3, 0.4) is 0 Å². The van der Waals surface area contributed by atoms with E-state index in [9.17, 15) is 8.42 Å². The van der Waals surface area contributed by atoms with Crippen LogP contribution in [0.2, 0.25) is 0 Å². The second-order valence-corrected chi connectivity index (χ2v) is 6.35. The van der Waals surface area contributed by atoms with Crippen molar-refractivity contribution in [3.63, 3.8) is 0 Å². The number of hydrogen-bond acceptors (Lipinski definition) is 4. The number of anilines is 1. The fourth-order valence-electron chi connectivity index (χ4n) is 1.44. The molecule has 0 radical (unpaired) electrons. The molecule has 0 saturated heterocycles. The fourth-order valence-corrected chi connectivity index (χ4v) is 2.80. The van der Waals surface area contributed by atoms with Gasteiger partial charge in [-0.15, -0.1) is 0 Å². The number of hydrogen-bond donors (Lipinski definition) is 3. The summed E-state index contributed by atoms with van der Waals surface area (Å²) >= 11 is 0. The van der Waals surface area contributed by atoms with Gasteiger partial charge in [-0.2, -0.15) is 0 Å². The van der Waals surface area contributed by atoms with Crippen LogP contribution in [0.15, 0.2) is 17.0 Å². The highest BCUT2D eigenvalue weighted by Gasteiger charge is 2.18. The zero-order valence-corrected chi connectivity index (χ0v) is 11.7. The number of aryl methyl sites for hydroxylation is 2.